The van der Waals surface area contributed by atoms with Gasteiger partial charge in [-0.15, -0.1) is 5.10 Å². The third-order valence-corrected chi connectivity index (χ3v) is 4.50. The summed E-state index contributed by atoms with van der Waals surface area (Å²) in [5, 5.41) is 20.7. The van der Waals surface area contributed by atoms with Crippen molar-refractivity contribution in [2.45, 2.75) is 18.9 Å². The van der Waals surface area contributed by atoms with E-state index in [0.717, 1.165) is 44.2 Å². The molecule has 2 fully saturated rings. The number of aliphatic hydroxyl groups is 1. The highest BCUT2D eigenvalue weighted by molar-refractivity contribution is 5.32. The van der Waals surface area contributed by atoms with Crippen molar-refractivity contribution in [2.24, 2.45) is 5.92 Å². The third kappa shape index (κ3) is 4.38. The van der Waals surface area contributed by atoms with Crippen LogP contribution >= 0.6 is 0 Å². The summed E-state index contributed by atoms with van der Waals surface area (Å²) in [6.45, 7) is 7.34. The van der Waals surface area contributed by atoms with Gasteiger partial charge in [-0.05, 0) is 25.5 Å². The lowest BCUT2D eigenvalue weighted by molar-refractivity contribution is -0.0563. The first-order valence-corrected chi connectivity index (χ1v) is 8.28. The highest BCUT2D eigenvalue weighted by Crippen LogP contribution is 2.32. The Hall–Kier alpha value is -1.28. The van der Waals surface area contributed by atoms with E-state index in [4.69, 9.17) is 9.47 Å². The number of aryl methyl sites for hydroxylation is 1. The van der Waals surface area contributed by atoms with E-state index in [9.17, 15) is 5.11 Å². The summed E-state index contributed by atoms with van der Waals surface area (Å²) < 4.78 is 11.9. The maximum Gasteiger partial charge on any atom is 0.148 e. The van der Waals surface area contributed by atoms with Crippen LogP contribution in [0.1, 0.15) is 12.1 Å². The van der Waals surface area contributed by atoms with E-state index in [1.54, 1.807) is 0 Å². The fourth-order valence-corrected chi connectivity index (χ4v) is 3.34. The van der Waals surface area contributed by atoms with E-state index in [0.29, 0.717) is 25.7 Å². The van der Waals surface area contributed by atoms with Crippen LogP contribution < -0.4 is 5.32 Å². The second-order valence-electron chi connectivity index (χ2n) is 6.56. The van der Waals surface area contributed by atoms with Gasteiger partial charge in [-0.1, -0.05) is 0 Å². The summed E-state index contributed by atoms with van der Waals surface area (Å²) >= 11 is 0. The number of nitrogens with zero attached hydrogens (tertiary/aromatic N) is 3. The molecule has 7 heteroatoms. The van der Waals surface area contributed by atoms with Gasteiger partial charge >= 0.3 is 0 Å². The SMILES string of the molecule is Cc1ccc(NC[C@@H]2CO[C@@]3(COCCN(CCO)C3)C2)nn1. The van der Waals surface area contributed by atoms with Crippen LogP contribution in [0.25, 0.3) is 0 Å². The standard InChI is InChI=1S/C16H26N4O3/c1-13-2-3-15(19-18-13)17-9-14-8-16(23-10-14)11-20(4-6-21)5-7-22-12-16/h2-3,14,21H,4-12H2,1H3,(H,17,19)/t14-,16+/m1/s1. The Morgan fingerprint density at radius 3 is 3.13 bits per heavy atom. The lowest BCUT2D eigenvalue weighted by atomic mass is 9.94. The van der Waals surface area contributed by atoms with Crippen LogP contribution in [-0.4, -0.2) is 78.4 Å². The fourth-order valence-electron chi connectivity index (χ4n) is 3.34. The molecule has 2 aliphatic heterocycles. The van der Waals surface area contributed by atoms with Crippen molar-refractivity contribution < 1.29 is 14.6 Å². The molecule has 0 unspecified atom stereocenters. The number of nitrogens with one attached hydrogen (secondary N) is 1. The van der Waals surface area contributed by atoms with E-state index in [1.165, 1.54) is 0 Å². The van der Waals surface area contributed by atoms with Crippen molar-refractivity contribution in [1.29, 1.82) is 0 Å². The van der Waals surface area contributed by atoms with Crippen molar-refractivity contribution in [1.82, 2.24) is 15.1 Å². The van der Waals surface area contributed by atoms with E-state index in [1.807, 2.05) is 19.1 Å². The molecule has 128 valence electrons. The van der Waals surface area contributed by atoms with Gasteiger partial charge in [-0.25, -0.2) is 0 Å². The molecule has 0 radical (unpaired) electrons. The number of rotatable bonds is 5. The average Bonchev–Trinajstić information content (AvgIpc) is 2.83. The summed E-state index contributed by atoms with van der Waals surface area (Å²) in [6, 6.07) is 3.90. The largest absolute Gasteiger partial charge is 0.395 e. The second-order valence-corrected chi connectivity index (χ2v) is 6.56. The van der Waals surface area contributed by atoms with Crippen LogP contribution in [0.4, 0.5) is 5.82 Å². The fraction of sp³-hybridized carbons (Fsp3) is 0.750. The quantitative estimate of drug-likeness (QED) is 0.807. The van der Waals surface area contributed by atoms with Gasteiger partial charge in [0.05, 0.1) is 32.1 Å². The van der Waals surface area contributed by atoms with Crippen LogP contribution in [0.5, 0.6) is 0 Å². The van der Waals surface area contributed by atoms with Gasteiger partial charge in [0.2, 0.25) is 0 Å². The number of β-amino-alcohol motifs (C(OH)–C–C–N with tert-alkyl or cyclic N) is 1. The Labute approximate surface area is 137 Å². The molecule has 3 heterocycles. The summed E-state index contributed by atoms with van der Waals surface area (Å²) in [5.74, 6) is 1.23. The van der Waals surface area contributed by atoms with Crippen molar-refractivity contribution in [3.63, 3.8) is 0 Å². The molecule has 0 amide bonds. The summed E-state index contributed by atoms with van der Waals surface area (Å²) in [6.07, 6.45) is 0.960. The van der Waals surface area contributed by atoms with Crippen LogP contribution in [0.15, 0.2) is 12.1 Å². The van der Waals surface area contributed by atoms with Crippen molar-refractivity contribution in [3.8, 4) is 0 Å². The molecule has 2 atom stereocenters. The molecule has 2 aliphatic rings. The summed E-state index contributed by atoms with van der Waals surface area (Å²) in [5.41, 5.74) is 0.676. The average molecular weight is 322 g/mol. The van der Waals surface area contributed by atoms with Crippen LogP contribution in [0.3, 0.4) is 0 Å². The number of anilines is 1. The molecule has 0 aromatic carbocycles. The van der Waals surface area contributed by atoms with E-state index >= 15 is 0 Å². The topological polar surface area (TPSA) is 79.7 Å². The van der Waals surface area contributed by atoms with Gasteiger partial charge in [0.1, 0.15) is 11.4 Å². The van der Waals surface area contributed by atoms with Crippen LogP contribution in [-0.2, 0) is 9.47 Å². The molecule has 0 aliphatic carbocycles. The Balaban J connectivity index is 1.53. The molecule has 23 heavy (non-hydrogen) atoms. The molecule has 1 spiro atoms. The lowest BCUT2D eigenvalue weighted by Crippen LogP contribution is -2.45. The zero-order chi connectivity index (χ0) is 16.1. The van der Waals surface area contributed by atoms with Crippen LogP contribution in [0.2, 0.25) is 0 Å². The number of aromatic nitrogens is 2. The number of aliphatic hydroxyl groups excluding tert-OH is 1. The monoisotopic (exact) mass is 322 g/mol. The minimum absolute atomic E-state index is 0.174. The molecular formula is C16H26N4O3. The molecule has 2 N–H and O–H groups in total. The van der Waals surface area contributed by atoms with E-state index in [-0.39, 0.29) is 12.2 Å². The first-order valence-electron chi connectivity index (χ1n) is 8.28. The van der Waals surface area contributed by atoms with Crippen molar-refractivity contribution in [2.75, 3.05) is 57.9 Å². The predicted octanol–water partition coefficient (Wildman–Crippen LogP) is 0.297. The van der Waals surface area contributed by atoms with Gasteiger partial charge in [0, 0.05) is 32.1 Å². The minimum Gasteiger partial charge on any atom is -0.395 e. The third-order valence-electron chi connectivity index (χ3n) is 4.50. The first-order chi connectivity index (χ1) is 11.2. The smallest absolute Gasteiger partial charge is 0.148 e. The van der Waals surface area contributed by atoms with Crippen LogP contribution in [0, 0.1) is 12.8 Å². The first kappa shape index (κ1) is 16.6. The van der Waals surface area contributed by atoms with Gasteiger partial charge in [0.15, 0.2) is 0 Å². The molecule has 1 aromatic rings. The zero-order valence-corrected chi connectivity index (χ0v) is 13.7. The molecule has 0 bridgehead atoms. The van der Waals surface area contributed by atoms with Crippen molar-refractivity contribution >= 4 is 5.82 Å². The predicted molar refractivity (Wildman–Crippen MR) is 86.4 cm³/mol. The Morgan fingerprint density at radius 1 is 1.43 bits per heavy atom. The maximum atomic E-state index is 9.18. The molecule has 0 saturated carbocycles. The van der Waals surface area contributed by atoms with Gasteiger partial charge in [0.25, 0.3) is 0 Å². The van der Waals surface area contributed by atoms with Gasteiger partial charge in [-0.2, -0.15) is 5.10 Å². The van der Waals surface area contributed by atoms with Gasteiger partial charge in [-0.3, -0.25) is 4.90 Å². The van der Waals surface area contributed by atoms with E-state index in [2.05, 4.69) is 20.4 Å². The molecule has 1 aromatic heterocycles. The summed E-state index contributed by atoms with van der Waals surface area (Å²) in [7, 11) is 0. The van der Waals surface area contributed by atoms with Crippen molar-refractivity contribution in [3.05, 3.63) is 17.8 Å². The number of ether oxygens (including phenoxy) is 2. The highest BCUT2D eigenvalue weighted by Gasteiger charge is 2.43. The number of hydrogen-bond donors (Lipinski definition) is 2. The second kappa shape index (κ2) is 7.53. The molecule has 7 nitrogen and oxygen atoms in total. The van der Waals surface area contributed by atoms with Gasteiger partial charge < -0.3 is 19.9 Å². The maximum absolute atomic E-state index is 9.18. The zero-order valence-electron chi connectivity index (χ0n) is 13.7. The lowest BCUT2D eigenvalue weighted by Gasteiger charge is -2.30. The summed E-state index contributed by atoms with van der Waals surface area (Å²) in [4.78, 5) is 2.23. The highest BCUT2D eigenvalue weighted by atomic mass is 16.5. The Bertz CT molecular complexity index is 499. The number of hydrogen-bond acceptors (Lipinski definition) is 7. The Kier molecular flexibility index (Phi) is 5.42. The van der Waals surface area contributed by atoms with E-state index < -0.39 is 0 Å². The molecular weight excluding hydrogens is 296 g/mol. The molecule has 3 rings (SSSR count). The molecule has 2 saturated heterocycles. The minimum atomic E-state index is -0.239. The Morgan fingerprint density at radius 2 is 2.35 bits per heavy atom. The normalized spacial score (nSPS) is 28.9.